The number of amides is 1. The number of carbonyl (C=O) groups excluding carboxylic acids is 2. The molecule has 0 rings (SSSR count). The van der Waals surface area contributed by atoms with Crippen LogP contribution in [0.1, 0.15) is 40.0 Å². The van der Waals surface area contributed by atoms with Crippen LogP contribution in [0.3, 0.4) is 0 Å². The molecule has 3 unspecified atom stereocenters. The van der Waals surface area contributed by atoms with Gasteiger partial charge in [0.05, 0.1) is 32.8 Å². The number of carbonyl (C=O) groups is 3. The van der Waals surface area contributed by atoms with E-state index in [1.165, 1.54) is 6.92 Å². The fourth-order valence-electron chi connectivity index (χ4n) is 3.10. The maximum absolute atomic E-state index is 11.9. The van der Waals surface area contributed by atoms with Crippen molar-refractivity contribution in [1.82, 2.24) is 5.32 Å². The van der Waals surface area contributed by atoms with Crippen LogP contribution in [0.5, 0.6) is 0 Å². The average molecular weight is 386 g/mol. The number of carboxylic acids is 2. The lowest BCUT2D eigenvalue weighted by molar-refractivity contribution is -0.931. The second-order valence-corrected chi connectivity index (χ2v) is 7.11. The Kier molecular flexibility index (Phi) is 12.3. The van der Waals surface area contributed by atoms with E-state index in [2.05, 4.69) is 5.32 Å². The summed E-state index contributed by atoms with van der Waals surface area (Å²) in [6, 6.07) is 0. The fraction of sp³-hybridized carbons (Fsp3) is 0.737. The van der Waals surface area contributed by atoms with Gasteiger partial charge in [0.15, 0.2) is 0 Å². The molecule has 156 valence electrons. The van der Waals surface area contributed by atoms with Crippen molar-refractivity contribution in [2.45, 2.75) is 40.0 Å². The number of hydrogen-bond acceptors (Lipinski definition) is 5. The Balaban J connectivity index is 4.98. The van der Waals surface area contributed by atoms with Crippen LogP contribution in [0.25, 0.3) is 0 Å². The number of allylic oxidation sites excluding steroid dienone is 2. The maximum Gasteiger partial charge on any atom is 0.311 e. The minimum Gasteiger partial charge on any atom is -0.550 e. The van der Waals surface area contributed by atoms with Crippen molar-refractivity contribution in [1.29, 1.82) is 0 Å². The van der Waals surface area contributed by atoms with Crippen LogP contribution in [0.2, 0.25) is 0 Å². The van der Waals surface area contributed by atoms with Crippen LogP contribution < -0.4 is 10.4 Å². The predicted octanol–water partition coefficient (Wildman–Crippen LogP) is -0.235. The molecule has 0 aromatic carbocycles. The predicted molar refractivity (Wildman–Crippen MR) is 99.5 cm³/mol. The lowest BCUT2D eigenvalue weighted by atomic mass is 10.1. The van der Waals surface area contributed by atoms with Crippen LogP contribution in [0, 0.1) is 11.8 Å². The Morgan fingerprint density at radius 1 is 1.11 bits per heavy atom. The molecule has 3 N–H and O–H groups in total. The molecule has 0 heterocycles. The zero-order valence-corrected chi connectivity index (χ0v) is 16.6. The van der Waals surface area contributed by atoms with Crippen LogP contribution in [0.4, 0.5) is 0 Å². The van der Waals surface area contributed by atoms with E-state index in [0.29, 0.717) is 19.4 Å². The van der Waals surface area contributed by atoms with Crippen molar-refractivity contribution in [2.24, 2.45) is 11.8 Å². The van der Waals surface area contributed by atoms with E-state index in [1.807, 2.05) is 19.1 Å². The van der Waals surface area contributed by atoms with Crippen molar-refractivity contribution in [3.05, 3.63) is 12.2 Å². The van der Waals surface area contributed by atoms with Crippen molar-refractivity contribution < 1.29 is 34.2 Å². The van der Waals surface area contributed by atoms with E-state index in [9.17, 15) is 29.7 Å². The normalized spacial score (nSPS) is 15.9. The molecule has 3 atom stereocenters. The standard InChI is InChI=1S/C19H34N2O6/c1-4-5-6-7-8-17(23)20-9-10-21(11-12-22,13-15(2)18(24)25)14-16(3)19(26)27/h5-6,15-16,22H,4,7-14H2,1-3H3,(H2-,20,23,24,25,26,27)/b6-5+. The molecule has 0 saturated carbocycles. The summed E-state index contributed by atoms with van der Waals surface area (Å²) in [5, 5.41) is 32.7. The summed E-state index contributed by atoms with van der Waals surface area (Å²) in [5.74, 6) is -3.82. The van der Waals surface area contributed by atoms with Crippen LogP contribution in [-0.2, 0) is 14.4 Å². The molecule has 0 spiro atoms. The summed E-state index contributed by atoms with van der Waals surface area (Å²) in [5.41, 5.74) is 0. The van der Waals surface area contributed by atoms with Crippen LogP contribution in [-0.4, -0.2) is 71.9 Å². The molecule has 0 bridgehead atoms. The maximum atomic E-state index is 11.9. The molecule has 0 aliphatic rings. The van der Waals surface area contributed by atoms with E-state index in [1.54, 1.807) is 6.92 Å². The van der Waals surface area contributed by atoms with E-state index in [4.69, 9.17) is 0 Å². The summed E-state index contributed by atoms with van der Waals surface area (Å²) in [6.07, 6.45) is 5.86. The smallest absolute Gasteiger partial charge is 0.311 e. The third kappa shape index (κ3) is 10.7. The van der Waals surface area contributed by atoms with Gasteiger partial charge in [-0.05, 0) is 19.8 Å². The van der Waals surface area contributed by atoms with Crippen molar-refractivity contribution >= 4 is 17.8 Å². The minimum atomic E-state index is -1.22. The molecule has 0 radical (unpaired) electrons. The average Bonchev–Trinajstić information content (AvgIpc) is 2.58. The molecular weight excluding hydrogens is 352 g/mol. The van der Waals surface area contributed by atoms with E-state index < -0.39 is 23.8 Å². The Morgan fingerprint density at radius 3 is 2.26 bits per heavy atom. The molecule has 8 nitrogen and oxygen atoms in total. The van der Waals surface area contributed by atoms with Gasteiger partial charge in [0.1, 0.15) is 12.5 Å². The Labute approximate surface area is 161 Å². The minimum absolute atomic E-state index is 0.0924. The molecule has 8 heteroatoms. The largest absolute Gasteiger partial charge is 0.550 e. The van der Waals surface area contributed by atoms with Gasteiger partial charge in [-0.25, -0.2) is 0 Å². The Bertz CT molecular complexity index is 484. The highest BCUT2D eigenvalue weighted by Crippen LogP contribution is 2.16. The number of nitrogens with one attached hydrogen (secondary N) is 1. The third-order valence-corrected chi connectivity index (χ3v) is 4.57. The fourth-order valence-corrected chi connectivity index (χ4v) is 3.10. The number of quaternary nitrogens is 1. The summed E-state index contributed by atoms with van der Waals surface area (Å²) < 4.78 is 0.0924. The zero-order valence-electron chi connectivity index (χ0n) is 16.6. The number of aliphatic hydroxyl groups is 1. The first kappa shape index (κ1) is 25.1. The molecular formula is C19H34N2O6. The lowest BCUT2D eigenvalue weighted by Crippen LogP contribution is -2.59. The highest BCUT2D eigenvalue weighted by atomic mass is 16.4. The molecule has 0 aromatic rings. The Hall–Kier alpha value is -1.93. The molecule has 0 fully saturated rings. The van der Waals surface area contributed by atoms with Gasteiger partial charge in [0.2, 0.25) is 5.91 Å². The molecule has 27 heavy (non-hydrogen) atoms. The number of nitrogens with zero attached hydrogens (tertiary/aromatic N) is 1. The summed E-state index contributed by atoms with van der Waals surface area (Å²) in [4.78, 5) is 34.4. The van der Waals surface area contributed by atoms with Crippen LogP contribution >= 0.6 is 0 Å². The summed E-state index contributed by atoms with van der Waals surface area (Å²) in [7, 11) is 0. The van der Waals surface area contributed by atoms with Gasteiger partial charge >= 0.3 is 5.97 Å². The van der Waals surface area contributed by atoms with Crippen molar-refractivity contribution in [2.75, 3.05) is 39.3 Å². The van der Waals surface area contributed by atoms with E-state index in [0.717, 1.165) is 6.42 Å². The molecule has 0 aliphatic heterocycles. The monoisotopic (exact) mass is 386 g/mol. The van der Waals surface area contributed by atoms with E-state index in [-0.39, 0.29) is 43.2 Å². The van der Waals surface area contributed by atoms with Gasteiger partial charge < -0.3 is 29.9 Å². The highest BCUT2D eigenvalue weighted by Gasteiger charge is 2.33. The first-order valence-corrected chi connectivity index (χ1v) is 9.48. The molecule has 0 aliphatic carbocycles. The van der Waals surface area contributed by atoms with E-state index >= 15 is 0 Å². The second-order valence-electron chi connectivity index (χ2n) is 7.11. The molecule has 0 saturated heterocycles. The number of hydrogen-bond donors (Lipinski definition) is 3. The Morgan fingerprint density at radius 2 is 1.74 bits per heavy atom. The van der Waals surface area contributed by atoms with Gasteiger partial charge in [-0.2, -0.15) is 0 Å². The summed E-state index contributed by atoms with van der Waals surface area (Å²) in [6.45, 7) is 6.00. The number of aliphatic hydroxyl groups excluding tert-OH is 1. The lowest BCUT2D eigenvalue weighted by Gasteiger charge is -2.41. The summed E-state index contributed by atoms with van der Waals surface area (Å²) >= 11 is 0. The topological polar surface area (TPSA) is 127 Å². The van der Waals surface area contributed by atoms with Gasteiger partial charge in [0.25, 0.3) is 0 Å². The van der Waals surface area contributed by atoms with Crippen molar-refractivity contribution in [3.63, 3.8) is 0 Å². The zero-order chi connectivity index (χ0) is 20.9. The second kappa shape index (κ2) is 13.3. The van der Waals surface area contributed by atoms with Gasteiger partial charge in [-0.3, -0.25) is 9.59 Å². The van der Waals surface area contributed by atoms with Gasteiger partial charge in [-0.15, -0.1) is 0 Å². The third-order valence-electron chi connectivity index (χ3n) is 4.57. The van der Waals surface area contributed by atoms with Gasteiger partial charge in [-0.1, -0.05) is 26.0 Å². The number of aliphatic carboxylic acids is 2. The first-order valence-electron chi connectivity index (χ1n) is 9.48. The molecule has 1 amide bonds. The first-order chi connectivity index (χ1) is 12.7. The number of rotatable bonds is 15. The quantitative estimate of drug-likeness (QED) is 0.263. The van der Waals surface area contributed by atoms with Crippen LogP contribution in [0.15, 0.2) is 12.2 Å². The highest BCUT2D eigenvalue weighted by molar-refractivity contribution is 5.75. The number of carboxylic acid groups (broad SMARTS) is 2. The van der Waals surface area contributed by atoms with Crippen molar-refractivity contribution in [3.8, 4) is 0 Å². The SMILES string of the molecule is CC/C=C/CCC(=O)NCC[N+](CCO)(CC(C)C(=O)[O-])CC(C)C(=O)O. The van der Waals surface area contributed by atoms with Gasteiger partial charge in [0, 0.05) is 18.3 Å². The molecule has 0 aromatic heterocycles.